The number of rotatable bonds is 12. The minimum atomic E-state index is -5.08. The highest BCUT2D eigenvalue weighted by Gasteiger charge is 2.41. The zero-order chi connectivity index (χ0) is 52.3. The number of hydrogen-bond acceptors (Lipinski definition) is 14. The molecule has 3 heterocycles. The first-order valence-electron chi connectivity index (χ1n) is 22.6. The summed E-state index contributed by atoms with van der Waals surface area (Å²) in [5.74, 6) is -9.06. The molecule has 3 fully saturated rings. The van der Waals surface area contributed by atoms with Gasteiger partial charge in [-0.25, -0.2) is 4.79 Å². The number of ether oxygens (including phenoxy) is 1. The first kappa shape index (κ1) is 58.5. The van der Waals surface area contributed by atoms with Crippen LogP contribution in [0.1, 0.15) is 78.2 Å². The van der Waals surface area contributed by atoms with Crippen molar-refractivity contribution in [3.05, 3.63) is 29.8 Å². The number of carboxylic acid groups (broad SMARTS) is 1. The molecule has 11 N–H and O–H groups in total. The van der Waals surface area contributed by atoms with Crippen LogP contribution >= 0.6 is 21.6 Å². The second-order valence-electron chi connectivity index (χ2n) is 16.6. The molecule has 0 aliphatic carbocycles. The molecule has 0 radical (unpaired) electrons. The molecule has 27 heteroatoms. The van der Waals surface area contributed by atoms with Crippen molar-refractivity contribution >= 4 is 80.7 Å². The molecule has 9 amide bonds. The number of hydrogen-bond donors (Lipinski definition) is 10. The Balaban J connectivity index is 0.00000171. The Kier molecular flexibility index (Phi) is 23.5. The zero-order valence-corrected chi connectivity index (χ0v) is 40.7. The molecular weight excluding hydrogens is 972 g/mol. The number of nitrogens with zero attached hydrogens (tertiary/aromatic N) is 1. The first-order chi connectivity index (χ1) is 33.0. The molecule has 3 aliphatic heterocycles. The number of carboxylic acids is 1. The minimum Gasteiger partial charge on any atom is -0.494 e. The Morgan fingerprint density at radius 3 is 2.07 bits per heavy atom. The number of aliphatic hydroxyl groups excluding tert-OH is 1. The fourth-order valence-corrected chi connectivity index (χ4v) is 9.46. The fraction of sp³-hybridized carbons (Fsp3) is 0.628. The van der Waals surface area contributed by atoms with Crippen LogP contribution in [0.4, 0.5) is 13.2 Å². The van der Waals surface area contributed by atoms with Crippen molar-refractivity contribution in [1.82, 2.24) is 42.1 Å². The van der Waals surface area contributed by atoms with E-state index in [1.807, 2.05) is 6.92 Å². The van der Waals surface area contributed by atoms with Crippen LogP contribution in [0.3, 0.4) is 0 Å². The summed E-state index contributed by atoms with van der Waals surface area (Å²) in [7, 11) is 2.35. The topological polar surface area (TPSA) is 334 Å². The number of piperidine rings is 1. The number of aliphatic carboxylic acids is 1. The van der Waals surface area contributed by atoms with E-state index >= 15 is 0 Å². The number of likely N-dealkylation sites (tertiary alicyclic amines) is 1. The molecule has 0 spiro atoms. The number of carbonyl (C=O) groups is 10. The maximum Gasteiger partial charge on any atom is 0.490 e. The van der Waals surface area contributed by atoms with Crippen molar-refractivity contribution in [3.8, 4) is 5.75 Å². The number of benzene rings is 1. The largest absolute Gasteiger partial charge is 0.494 e. The van der Waals surface area contributed by atoms with Crippen molar-refractivity contribution in [2.75, 3.05) is 31.2 Å². The van der Waals surface area contributed by atoms with E-state index in [1.165, 1.54) is 22.6 Å². The summed E-state index contributed by atoms with van der Waals surface area (Å²) in [4.78, 5) is 132. The number of primary amides is 1. The van der Waals surface area contributed by atoms with Crippen LogP contribution in [0.15, 0.2) is 24.3 Å². The van der Waals surface area contributed by atoms with Crippen LogP contribution in [0.25, 0.3) is 0 Å². The lowest BCUT2D eigenvalue weighted by Crippen LogP contribution is -2.63. The third-order valence-electron chi connectivity index (χ3n) is 11.2. The van der Waals surface area contributed by atoms with Gasteiger partial charge in [0.05, 0.1) is 19.1 Å². The van der Waals surface area contributed by atoms with E-state index in [9.17, 15) is 61.4 Å². The van der Waals surface area contributed by atoms with Crippen molar-refractivity contribution < 1.29 is 76.1 Å². The van der Waals surface area contributed by atoms with Gasteiger partial charge in [0.1, 0.15) is 48.0 Å². The van der Waals surface area contributed by atoms with E-state index in [0.717, 1.165) is 10.8 Å². The zero-order valence-electron chi connectivity index (χ0n) is 39.1. The molecule has 70 heavy (non-hydrogen) atoms. The Morgan fingerprint density at radius 2 is 1.49 bits per heavy atom. The summed E-state index contributed by atoms with van der Waals surface area (Å²) in [5.41, 5.74) is 6.17. The summed E-state index contributed by atoms with van der Waals surface area (Å²) in [5, 5.41) is 36.3. The summed E-state index contributed by atoms with van der Waals surface area (Å²) < 4.78 is 37.3. The highest BCUT2D eigenvalue weighted by atomic mass is 33.1. The quantitative estimate of drug-likeness (QED) is 0.114. The number of nitrogens with two attached hydrogens (primary N) is 1. The van der Waals surface area contributed by atoms with Crippen molar-refractivity contribution in [1.29, 1.82) is 0 Å². The lowest BCUT2D eigenvalue weighted by Gasteiger charge is -2.31. The maximum atomic E-state index is 14.3. The molecule has 9 atom stereocenters. The van der Waals surface area contributed by atoms with Gasteiger partial charge in [-0.1, -0.05) is 54.0 Å². The molecular formula is C43H62F3N9O13S2. The average molecular weight is 1030 g/mol. The van der Waals surface area contributed by atoms with Gasteiger partial charge >= 0.3 is 12.1 Å². The van der Waals surface area contributed by atoms with Crippen LogP contribution in [0.2, 0.25) is 0 Å². The number of alkyl halides is 3. The van der Waals surface area contributed by atoms with Crippen LogP contribution in [-0.4, -0.2) is 160 Å². The summed E-state index contributed by atoms with van der Waals surface area (Å²) in [6.45, 7) is 7.67. The van der Waals surface area contributed by atoms with Gasteiger partial charge < -0.3 is 62.8 Å². The second-order valence-corrected chi connectivity index (χ2v) is 19.3. The monoisotopic (exact) mass is 1030 g/mol. The Labute approximate surface area is 409 Å². The number of halogens is 3. The third-order valence-corrected chi connectivity index (χ3v) is 13.7. The standard InChI is InChI=1S/C41H61N9O11S2.C2HF3O2/c1-5-22(3)33-39(58)49-34(23(4)51)40(59)46-28(20-31(42)52)36(55)47-29(41(60)50-17-8-10-30(50)38(57)45-26-9-7-16-43-35(26)54)21-63-62-18-15-32(53)44-27(37(56)48-33)19-24-11-13-25(14-12-24)61-6-2;3-2(4,5)1(6)7/h11-14,22-23,26-30,33-34,51H,5-10,15-21H2,1-4H3,(H2,42,52)(H,43,54)(H,44,53)(H,45,57)(H,46,59)(H,47,55)(H,48,56)(H,49,58);(H,6,7)/t22-,23+,26+,27+,28-,29-,30-,33-,34-;/m0./s1. The SMILES string of the molecule is CCOc1ccc(C[C@H]2NC(=O)CCSSC[C@@H](C(=O)N3CCC[C@H]3C(=O)N[C@@H]3CCCNC3=O)NC(=O)[C@H](CC(N)=O)NC(=O)[C@H]([C@@H](C)O)NC(=O)[C@H]([C@@H](C)CC)NC2=O)cc1.O=C(O)C(F)(F)F. The number of nitrogens with one attached hydrogen (secondary N) is 7. The van der Waals surface area contributed by atoms with Crippen LogP contribution in [0, 0.1) is 5.92 Å². The average Bonchev–Trinajstić information content (AvgIpc) is 3.79. The lowest BCUT2D eigenvalue weighted by molar-refractivity contribution is -0.192. The highest BCUT2D eigenvalue weighted by Crippen LogP contribution is 2.26. The smallest absolute Gasteiger partial charge is 0.490 e. The van der Waals surface area contributed by atoms with Gasteiger partial charge in [0.15, 0.2) is 0 Å². The van der Waals surface area contributed by atoms with Crippen LogP contribution in [0.5, 0.6) is 5.75 Å². The van der Waals surface area contributed by atoms with Gasteiger partial charge in [-0.3, -0.25) is 43.2 Å². The Hall–Kier alpha value is -5.83. The molecule has 1 aromatic rings. The third kappa shape index (κ3) is 18.5. The summed E-state index contributed by atoms with van der Waals surface area (Å²) in [6.07, 6.45) is -5.11. The van der Waals surface area contributed by atoms with Gasteiger partial charge in [0.2, 0.25) is 53.2 Å². The van der Waals surface area contributed by atoms with Gasteiger partial charge in [-0.05, 0) is 63.1 Å². The molecule has 1 aromatic carbocycles. The molecule has 3 saturated heterocycles. The summed E-state index contributed by atoms with van der Waals surface area (Å²) >= 11 is 0. The predicted octanol–water partition coefficient (Wildman–Crippen LogP) is -0.842. The van der Waals surface area contributed by atoms with Gasteiger partial charge in [0.25, 0.3) is 0 Å². The van der Waals surface area contributed by atoms with E-state index in [0.29, 0.717) is 56.6 Å². The van der Waals surface area contributed by atoms with Crippen molar-refractivity contribution in [3.63, 3.8) is 0 Å². The fourth-order valence-electron chi connectivity index (χ4n) is 7.31. The normalized spacial score (nSPS) is 25.4. The van der Waals surface area contributed by atoms with Gasteiger partial charge in [-0.2, -0.15) is 13.2 Å². The molecule has 0 unspecified atom stereocenters. The van der Waals surface area contributed by atoms with Crippen molar-refractivity contribution in [2.45, 2.75) is 134 Å². The van der Waals surface area contributed by atoms with E-state index in [2.05, 4.69) is 37.2 Å². The number of aliphatic hydroxyl groups is 1. The van der Waals surface area contributed by atoms with E-state index in [1.54, 1.807) is 38.1 Å². The van der Waals surface area contributed by atoms with Gasteiger partial charge in [0, 0.05) is 37.4 Å². The van der Waals surface area contributed by atoms with Crippen molar-refractivity contribution in [2.24, 2.45) is 11.7 Å². The molecule has 0 aromatic heterocycles. The van der Waals surface area contributed by atoms with E-state index < -0.39 is 120 Å². The lowest BCUT2D eigenvalue weighted by atomic mass is 9.96. The highest BCUT2D eigenvalue weighted by molar-refractivity contribution is 8.76. The number of amides is 9. The van der Waals surface area contributed by atoms with Crippen LogP contribution < -0.4 is 47.7 Å². The maximum absolute atomic E-state index is 14.3. The molecule has 0 bridgehead atoms. The predicted molar refractivity (Wildman–Crippen MR) is 248 cm³/mol. The summed E-state index contributed by atoms with van der Waals surface area (Å²) in [6, 6.07) is -1.81. The number of carbonyl (C=O) groups excluding carboxylic acids is 9. The van der Waals surface area contributed by atoms with E-state index in [4.69, 9.17) is 20.4 Å². The molecule has 3 aliphatic rings. The Bertz CT molecular complexity index is 2040. The molecule has 22 nitrogen and oxygen atoms in total. The molecule has 4 rings (SSSR count). The van der Waals surface area contributed by atoms with Crippen LogP contribution in [-0.2, 0) is 54.4 Å². The van der Waals surface area contributed by atoms with E-state index in [-0.39, 0.29) is 36.8 Å². The second kappa shape index (κ2) is 28.1. The minimum absolute atomic E-state index is 0.0491. The molecule has 0 saturated carbocycles. The van der Waals surface area contributed by atoms with Gasteiger partial charge in [-0.15, -0.1) is 0 Å². The Morgan fingerprint density at radius 1 is 0.857 bits per heavy atom. The molecule has 390 valence electrons. The first-order valence-corrected chi connectivity index (χ1v) is 25.1.